The van der Waals surface area contributed by atoms with Gasteiger partial charge >= 0.3 is 0 Å². The molecule has 0 aliphatic rings. The van der Waals surface area contributed by atoms with Gasteiger partial charge in [-0.2, -0.15) is 0 Å². The molecule has 0 fully saturated rings. The molecule has 3 rings (SSSR count). The van der Waals surface area contributed by atoms with Gasteiger partial charge in [0.15, 0.2) is 17.1 Å². The van der Waals surface area contributed by atoms with E-state index >= 15 is 0 Å². The molecule has 1 aromatic heterocycles. The van der Waals surface area contributed by atoms with Crippen LogP contribution in [0.4, 0.5) is 4.39 Å². The highest BCUT2D eigenvalue weighted by molar-refractivity contribution is 7.98. The second kappa shape index (κ2) is 8.99. The molecule has 29 heavy (non-hydrogen) atoms. The van der Waals surface area contributed by atoms with E-state index in [-0.39, 0.29) is 17.3 Å². The maximum Gasteiger partial charge on any atom is 0.191 e. The minimum Gasteiger partial charge on any atom is -0.483 e. The summed E-state index contributed by atoms with van der Waals surface area (Å²) in [6.45, 7) is 11.4. The standard InChI is InChI=1S/C23H28FN3OS/c1-6-27-21(16(2)28-20-12-10-18(11-13-20)23(3,4)5)25-26-22(27)29-15-17-8-7-9-19(24)14-17/h7-14,16H,6,15H2,1-5H3. The first kappa shape index (κ1) is 21.4. The zero-order chi connectivity index (χ0) is 21.0. The SMILES string of the molecule is CCn1c(SCc2cccc(F)c2)nnc1C(C)Oc1ccc(C(C)(C)C)cc1. The normalized spacial score (nSPS) is 12.8. The summed E-state index contributed by atoms with van der Waals surface area (Å²) in [6.07, 6.45) is -0.230. The Hall–Kier alpha value is -2.34. The Bertz CT molecular complexity index is 948. The third-order valence-corrected chi connectivity index (χ3v) is 5.75. The number of benzene rings is 2. The van der Waals surface area contributed by atoms with E-state index in [4.69, 9.17) is 4.74 Å². The first-order valence-corrected chi connectivity index (χ1v) is 10.8. The predicted molar refractivity (Wildman–Crippen MR) is 116 cm³/mol. The number of nitrogens with zero attached hydrogens (tertiary/aromatic N) is 3. The molecule has 0 N–H and O–H groups in total. The first-order valence-electron chi connectivity index (χ1n) is 9.85. The molecule has 0 saturated heterocycles. The smallest absolute Gasteiger partial charge is 0.191 e. The Morgan fingerprint density at radius 3 is 2.45 bits per heavy atom. The van der Waals surface area contributed by atoms with Gasteiger partial charge in [0.25, 0.3) is 0 Å². The summed E-state index contributed by atoms with van der Waals surface area (Å²) in [5.41, 5.74) is 2.30. The van der Waals surface area contributed by atoms with Crippen LogP contribution in [0.5, 0.6) is 5.75 Å². The van der Waals surface area contributed by atoms with Crippen LogP contribution < -0.4 is 4.74 Å². The number of halogens is 1. The molecule has 0 aliphatic carbocycles. The fourth-order valence-corrected chi connectivity index (χ4v) is 4.02. The molecule has 6 heteroatoms. The largest absolute Gasteiger partial charge is 0.483 e. The summed E-state index contributed by atoms with van der Waals surface area (Å²) in [4.78, 5) is 0. The highest BCUT2D eigenvalue weighted by atomic mass is 32.2. The molecule has 0 amide bonds. The highest BCUT2D eigenvalue weighted by Gasteiger charge is 2.19. The van der Waals surface area contributed by atoms with Crippen molar-refractivity contribution in [2.24, 2.45) is 0 Å². The number of aromatic nitrogens is 3. The summed E-state index contributed by atoms with van der Waals surface area (Å²) in [5, 5.41) is 9.51. The zero-order valence-corrected chi connectivity index (χ0v) is 18.5. The van der Waals surface area contributed by atoms with Crippen LogP contribution in [-0.4, -0.2) is 14.8 Å². The number of ether oxygens (including phenoxy) is 1. The van der Waals surface area contributed by atoms with Crippen LogP contribution in [0.25, 0.3) is 0 Å². The maximum atomic E-state index is 13.4. The average Bonchev–Trinajstić information content (AvgIpc) is 3.09. The highest BCUT2D eigenvalue weighted by Crippen LogP contribution is 2.28. The van der Waals surface area contributed by atoms with Gasteiger partial charge in [-0.15, -0.1) is 10.2 Å². The van der Waals surface area contributed by atoms with E-state index in [1.807, 2.05) is 25.1 Å². The molecule has 1 heterocycles. The number of hydrogen-bond donors (Lipinski definition) is 0. The zero-order valence-electron chi connectivity index (χ0n) is 17.6. The van der Waals surface area contributed by atoms with E-state index in [9.17, 15) is 4.39 Å². The molecule has 1 atom stereocenters. The lowest BCUT2D eigenvalue weighted by Gasteiger charge is -2.20. The van der Waals surface area contributed by atoms with E-state index in [0.717, 1.165) is 28.8 Å². The third-order valence-electron chi connectivity index (χ3n) is 4.72. The minimum absolute atomic E-state index is 0.111. The van der Waals surface area contributed by atoms with Gasteiger partial charge < -0.3 is 9.30 Å². The molecule has 2 aromatic carbocycles. The molecule has 0 aliphatic heterocycles. The monoisotopic (exact) mass is 413 g/mol. The third kappa shape index (κ3) is 5.38. The second-order valence-corrected chi connectivity index (χ2v) is 8.98. The van der Waals surface area contributed by atoms with Crippen molar-refractivity contribution in [3.05, 3.63) is 71.3 Å². The van der Waals surface area contributed by atoms with Gasteiger partial charge in [-0.25, -0.2) is 4.39 Å². The van der Waals surface area contributed by atoms with E-state index in [1.165, 1.54) is 11.6 Å². The molecule has 0 bridgehead atoms. The summed E-state index contributed by atoms with van der Waals surface area (Å²) in [7, 11) is 0. The first-order chi connectivity index (χ1) is 13.8. The lowest BCUT2D eigenvalue weighted by atomic mass is 9.87. The van der Waals surface area contributed by atoms with Gasteiger partial charge in [0.05, 0.1) is 0 Å². The second-order valence-electron chi connectivity index (χ2n) is 8.04. The van der Waals surface area contributed by atoms with Crippen LogP contribution in [0.2, 0.25) is 0 Å². The van der Waals surface area contributed by atoms with Crippen LogP contribution in [0, 0.1) is 5.82 Å². The fourth-order valence-electron chi connectivity index (χ4n) is 3.07. The molecular weight excluding hydrogens is 385 g/mol. The summed E-state index contributed by atoms with van der Waals surface area (Å²) in [5.74, 6) is 2.01. The van der Waals surface area contributed by atoms with Crippen molar-refractivity contribution in [2.75, 3.05) is 0 Å². The maximum absolute atomic E-state index is 13.4. The van der Waals surface area contributed by atoms with Crippen molar-refractivity contribution in [1.29, 1.82) is 0 Å². The molecule has 0 saturated carbocycles. The Morgan fingerprint density at radius 2 is 1.83 bits per heavy atom. The van der Waals surface area contributed by atoms with Gasteiger partial charge in [0, 0.05) is 12.3 Å². The minimum atomic E-state index is -0.230. The van der Waals surface area contributed by atoms with E-state index in [0.29, 0.717) is 5.75 Å². The Balaban J connectivity index is 1.70. The predicted octanol–water partition coefficient (Wildman–Crippen LogP) is 6.17. The van der Waals surface area contributed by atoms with Crippen LogP contribution in [0.1, 0.15) is 57.7 Å². The Morgan fingerprint density at radius 1 is 1.10 bits per heavy atom. The molecule has 3 aromatic rings. The number of thioether (sulfide) groups is 1. The topological polar surface area (TPSA) is 39.9 Å². The lowest BCUT2D eigenvalue weighted by molar-refractivity contribution is 0.210. The summed E-state index contributed by atoms with van der Waals surface area (Å²) < 4.78 is 21.6. The number of rotatable bonds is 7. The van der Waals surface area contributed by atoms with Crippen molar-refractivity contribution in [3.8, 4) is 5.75 Å². The number of hydrogen-bond acceptors (Lipinski definition) is 4. The van der Waals surface area contributed by atoms with Gasteiger partial charge in [-0.05, 0) is 54.7 Å². The average molecular weight is 414 g/mol. The van der Waals surface area contributed by atoms with Gasteiger partial charge in [-0.1, -0.05) is 56.8 Å². The van der Waals surface area contributed by atoms with Crippen LogP contribution in [0.3, 0.4) is 0 Å². The quantitative estimate of drug-likeness (QED) is 0.435. The molecule has 154 valence electrons. The van der Waals surface area contributed by atoms with Crippen molar-refractivity contribution < 1.29 is 9.13 Å². The molecule has 0 radical (unpaired) electrons. The van der Waals surface area contributed by atoms with Crippen molar-refractivity contribution >= 4 is 11.8 Å². The Labute approximate surface area is 176 Å². The van der Waals surface area contributed by atoms with Crippen LogP contribution in [0.15, 0.2) is 53.7 Å². The molecular formula is C23H28FN3OS. The summed E-state index contributed by atoms with van der Waals surface area (Å²) in [6, 6.07) is 14.9. The van der Waals surface area contributed by atoms with E-state index in [1.54, 1.807) is 23.9 Å². The van der Waals surface area contributed by atoms with Crippen molar-refractivity contribution in [2.45, 2.75) is 63.6 Å². The molecule has 4 nitrogen and oxygen atoms in total. The summed E-state index contributed by atoms with van der Waals surface area (Å²) >= 11 is 1.55. The van der Waals surface area contributed by atoms with Gasteiger partial charge in [-0.3, -0.25) is 0 Å². The molecule has 1 unspecified atom stereocenters. The van der Waals surface area contributed by atoms with Crippen LogP contribution >= 0.6 is 11.8 Å². The fraction of sp³-hybridized carbons (Fsp3) is 0.391. The van der Waals surface area contributed by atoms with Gasteiger partial charge in [0.1, 0.15) is 11.6 Å². The van der Waals surface area contributed by atoms with E-state index in [2.05, 4.69) is 54.6 Å². The van der Waals surface area contributed by atoms with Crippen molar-refractivity contribution in [3.63, 3.8) is 0 Å². The lowest BCUT2D eigenvalue weighted by Crippen LogP contribution is -2.13. The van der Waals surface area contributed by atoms with Crippen LogP contribution in [-0.2, 0) is 17.7 Å². The van der Waals surface area contributed by atoms with E-state index < -0.39 is 0 Å². The van der Waals surface area contributed by atoms with Crippen molar-refractivity contribution in [1.82, 2.24) is 14.8 Å². The Kier molecular flexibility index (Phi) is 6.63. The molecule has 0 spiro atoms. The van der Waals surface area contributed by atoms with Gasteiger partial charge in [0.2, 0.25) is 0 Å².